The summed E-state index contributed by atoms with van der Waals surface area (Å²) in [6.07, 6.45) is 11.8. The molecule has 13 heavy (non-hydrogen) atoms. The molecule has 0 amide bonds. The monoisotopic (exact) mass is 172 g/mol. The van der Waals surface area contributed by atoms with Gasteiger partial charge in [-0.1, -0.05) is 26.0 Å². The van der Waals surface area contributed by atoms with Crippen molar-refractivity contribution in [1.29, 1.82) is 0 Å². The van der Waals surface area contributed by atoms with E-state index >= 15 is 0 Å². The van der Waals surface area contributed by atoms with Gasteiger partial charge in [-0.15, -0.1) is 0 Å². The van der Waals surface area contributed by atoms with Crippen LogP contribution in [0.2, 0.25) is 0 Å². The first-order valence-electron chi connectivity index (χ1n) is 4.37. The Morgan fingerprint density at radius 2 is 1.77 bits per heavy atom. The van der Waals surface area contributed by atoms with Crippen molar-refractivity contribution in [2.45, 2.75) is 13.8 Å². The van der Waals surface area contributed by atoms with E-state index in [9.17, 15) is 0 Å². The lowest BCUT2D eigenvalue weighted by molar-refractivity contribution is 0.668. The zero-order chi connectivity index (χ0) is 9.31. The maximum Gasteiger partial charge on any atom is 0.0883 e. The molecule has 1 aromatic heterocycles. The molecule has 2 rings (SSSR count). The van der Waals surface area contributed by atoms with E-state index in [4.69, 9.17) is 0 Å². The smallest absolute Gasteiger partial charge is 0.0883 e. The van der Waals surface area contributed by atoms with Gasteiger partial charge in [0, 0.05) is 17.8 Å². The Labute approximate surface area is 77.4 Å². The molecular weight excluding hydrogens is 160 g/mol. The van der Waals surface area contributed by atoms with E-state index in [2.05, 4.69) is 36.0 Å². The highest BCUT2D eigenvalue weighted by atomic mass is 14.8. The molecule has 1 aromatic rings. The Hall–Kier alpha value is -1.44. The first kappa shape index (κ1) is 8.17. The molecule has 1 heterocycles. The summed E-state index contributed by atoms with van der Waals surface area (Å²) in [5.41, 5.74) is 0.0672. The Morgan fingerprint density at radius 1 is 1.08 bits per heavy atom. The van der Waals surface area contributed by atoms with Crippen LogP contribution in [0, 0.1) is 5.41 Å². The zero-order valence-electron chi connectivity index (χ0n) is 7.86. The highest BCUT2D eigenvalue weighted by Crippen LogP contribution is 2.18. The standard InChI is InChI=1S/C11H12N2/c1-11(2)5-3-4-9-10(8-11)13-7-6-12-9/h3-8H,1-2H3. The van der Waals surface area contributed by atoms with Crippen molar-refractivity contribution < 1.29 is 0 Å². The Bertz CT molecular complexity index is 455. The average molecular weight is 172 g/mol. The van der Waals surface area contributed by atoms with E-state index in [-0.39, 0.29) is 5.41 Å². The van der Waals surface area contributed by atoms with Crippen LogP contribution in [0.1, 0.15) is 13.8 Å². The van der Waals surface area contributed by atoms with E-state index in [1.807, 2.05) is 12.2 Å². The van der Waals surface area contributed by atoms with E-state index in [0.29, 0.717) is 0 Å². The third kappa shape index (κ3) is 1.66. The topological polar surface area (TPSA) is 25.8 Å². The van der Waals surface area contributed by atoms with Crippen LogP contribution in [-0.2, 0) is 0 Å². The third-order valence-electron chi connectivity index (χ3n) is 2.04. The van der Waals surface area contributed by atoms with Crippen molar-refractivity contribution in [2.75, 3.05) is 0 Å². The largest absolute Gasteiger partial charge is 0.253 e. The van der Waals surface area contributed by atoms with Gasteiger partial charge in [0.1, 0.15) is 0 Å². The third-order valence-corrected chi connectivity index (χ3v) is 2.04. The maximum atomic E-state index is 4.29. The first-order valence-corrected chi connectivity index (χ1v) is 4.37. The number of nitrogens with zero attached hydrogens (tertiary/aromatic N) is 2. The van der Waals surface area contributed by atoms with E-state index in [1.165, 1.54) is 0 Å². The van der Waals surface area contributed by atoms with E-state index in [1.54, 1.807) is 12.4 Å². The minimum Gasteiger partial charge on any atom is -0.253 e. The molecule has 0 aromatic carbocycles. The molecule has 0 aliphatic heterocycles. The Kier molecular flexibility index (Phi) is 1.76. The maximum absolute atomic E-state index is 4.29. The number of hydrogen-bond acceptors (Lipinski definition) is 2. The van der Waals surface area contributed by atoms with E-state index < -0.39 is 0 Å². The Balaban J connectivity index is 2.77. The summed E-state index contributed by atoms with van der Waals surface area (Å²) >= 11 is 0. The van der Waals surface area contributed by atoms with Gasteiger partial charge in [-0.05, 0) is 12.2 Å². The molecular formula is C11H12N2. The number of hydrogen-bond donors (Lipinski definition) is 0. The molecule has 0 unspecified atom stereocenters. The van der Waals surface area contributed by atoms with Gasteiger partial charge in [0.15, 0.2) is 0 Å². The molecule has 0 saturated carbocycles. The molecule has 0 fully saturated rings. The van der Waals surface area contributed by atoms with Crippen LogP contribution >= 0.6 is 0 Å². The summed E-state index contributed by atoms with van der Waals surface area (Å²) < 4.78 is 0. The molecule has 66 valence electrons. The highest BCUT2D eigenvalue weighted by molar-refractivity contribution is 5.45. The zero-order valence-corrected chi connectivity index (χ0v) is 7.86. The predicted molar refractivity (Wildman–Crippen MR) is 53.1 cm³/mol. The summed E-state index contributed by atoms with van der Waals surface area (Å²) in [4.78, 5) is 8.53. The van der Waals surface area contributed by atoms with Crippen LogP contribution in [0.15, 0.2) is 24.5 Å². The van der Waals surface area contributed by atoms with Gasteiger partial charge in [-0.3, -0.25) is 9.97 Å². The predicted octanol–water partition coefficient (Wildman–Crippen LogP) is 0.634. The summed E-state index contributed by atoms with van der Waals surface area (Å²) in [7, 11) is 0. The summed E-state index contributed by atoms with van der Waals surface area (Å²) in [6.45, 7) is 4.31. The molecule has 2 nitrogen and oxygen atoms in total. The number of fused-ring (bicyclic) bond motifs is 1. The fraction of sp³-hybridized carbons (Fsp3) is 0.273. The van der Waals surface area contributed by atoms with Crippen molar-refractivity contribution in [3.8, 4) is 0 Å². The number of rotatable bonds is 0. The van der Waals surface area contributed by atoms with Crippen molar-refractivity contribution in [1.82, 2.24) is 9.97 Å². The molecule has 0 bridgehead atoms. The van der Waals surface area contributed by atoms with Gasteiger partial charge < -0.3 is 0 Å². The molecule has 2 heteroatoms. The van der Waals surface area contributed by atoms with Crippen LogP contribution in [0.4, 0.5) is 0 Å². The SMILES string of the molecule is CC1(C)C=CC=c2nccnc2=C1. The number of aromatic nitrogens is 2. The second-order valence-corrected chi connectivity index (χ2v) is 3.82. The molecule has 1 aliphatic rings. The van der Waals surface area contributed by atoms with Crippen LogP contribution in [0.5, 0.6) is 0 Å². The van der Waals surface area contributed by atoms with Crippen LogP contribution in [-0.4, -0.2) is 9.97 Å². The summed E-state index contributed by atoms with van der Waals surface area (Å²) in [6, 6.07) is 0. The molecule has 1 aliphatic carbocycles. The van der Waals surface area contributed by atoms with Crippen molar-refractivity contribution in [3.05, 3.63) is 35.2 Å². The Morgan fingerprint density at radius 3 is 2.54 bits per heavy atom. The minimum absolute atomic E-state index is 0.0672. The van der Waals surface area contributed by atoms with Gasteiger partial charge in [0.2, 0.25) is 0 Å². The molecule has 0 spiro atoms. The van der Waals surface area contributed by atoms with Crippen molar-refractivity contribution in [3.63, 3.8) is 0 Å². The van der Waals surface area contributed by atoms with Crippen LogP contribution in [0.25, 0.3) is 12.2 Å². The lowest BCUT2D eigenvalue weighted by Crippen LogP contribution is -2.31. The van der Waals surface area contributed by atoms with Gasteiger partial charge in [0.25, 0.3) is 0 Å². The second kappa shape index (κ2) is 2.80. The second-order valence-electron chi connectivity index (χ2n) is 3.82. The molecule has 0 radical (unpaired) electrons. The molecule has 0 saturated heterocycles. The van der Waals surface area contributed by atoms with Gasteiger partial charge in [-0.2, -0.15) is 0 Å². The number of allylic oxidation sites excluding steroid dienone is 2. The summed E-state index contributed by atoms with van der Waals surface area (Å²) in [5, 5.41) is 1.92. The normalized spacial score (nSPS) is 18.0. The van der Waals surface area contributed by atoms with Gasteiger partial charge in [-0.25, -0.2) is 0 Å². The first-order chi connectivity index (χ1) is 6.17. The summed E-state index contributed by atoms with van der Waals surface area (Å²) in [5.74, 6) is 0. The van der Waals surface area contributed by atoms with Gasteiger partial charge in [0.05, 0.1) is 10.7 Å². The van der Waals surface area contributed by atoms with Crippen molar-refractivity contribution in [2.24, 2.45) is 5.41 Å². The average Bonchev–Trinajstić information content (AvgIpc) is 2.21. The van der Waals surface area contributed by atoms with Crippen molar-refractivity contribution >= 4 is 12.2 Å². The minimum atomic E-state index is 0.0672. The highest BCUT2D eigenvalue weighted by Gasteiger charge is 2.10. The van der Waals surface area contributed by atoms with Crippen LogP contribution in [0.3, 0.4) is 0 Å². The van der Waals surface area contributed by atoms with E-state index in [0.717, 1.165) is 10.7 Å². The lowest BCUT2D eigenvalue weighted by atomic mass is 9.93. The lowest BCUT2D eigenvalue weighted by Gasteiger charge is -2.12. The molecule has 0 N–H and O–H groups in total. The van der Waals surface area contributed by atoms with Crippen LogP contribution < -0.4 is 10.7 Å². The van der Waals surface area contributed by atoms with Gasteiger partial charge >= 0.3 is 0 Å². The fourth-order valence-corrected chi connectivity index (χ4v) is 1.39. The fourth-order valence-electron chi connectivity index (χ4n) is 1.39. The molecule has 0 atom stereocenters. The quantitative estimate of drug-likeness (QED) is 0.573.